The third-order valence-electron chi connectivity index (χ3n) is 4.87. The molecule has 0 saturated heterocycles. The molecule has 1 aromatic rings. The van der Waals surface area contributed by atoms with Crippen LogP contribution in [0.3, 0.4) is 0 Å². The Bertz CT molecular complexity index is 717. The molecule has 0 aromatic heterocycles. The molecule has 1 aliphatic rings. The minimum atomic E-state index is -4.17. The molecule has 28 heavy (non-hydrogen) atoms. The van der Waals surface area contributed by atoms with Crippen LogP contribution >= 0.6 is 11.6 Å². The molecule has 1 fully saturated rings. The zero-order chi connectivity index (χ0) is 21.3. The van der Waals surface area contributed by atoms with Gasteiger partial charge in [0.15, 0.2) is 0 Å². The van der Waals surface area contributed by atoms with Crippen LogP contribution in [0.2, 0.25) is 5.02 Å². The molecule has 0 heterocycles. The molecule has 1 aliphatic carbocycles. The SMILES string of the molecule is CC1(COc2cc(F)c(C(=O)OC(C)(C)C)cc2Cl)CCC(C(F)(F)F)CC1. The molecule has 1 aromatic carbocycles. The minimum Gasteiger partial charge on any atom is -0.491 e. The molecule has 0 unspecified atom stereocenters. The quantitative estimate of drug-likeness (QED) is 0.405. The highest BCUT2D eigenvalue weighted by atomic mass is 35.5. The van der Waals surface area contributed by atoms with Gasteiger partial charge in [0.1, 0.15) is 17.2 Å². The van der Waals surface area contributed by atoms with Crippen molar-refractivity contribution in [1.82, 2.24) is 0 Å². The van der Waals surface area contributed by atoms with Gasteiger partial charge in [-0.1, -0.05) is 18.5 Å². The number of hydrogen-bond acceptors (Lipinski definition) is 3. The second-order valence-corrected chi connectivity index (χ2v) is 9.09. The Labute approximate surface area is 167 Å². The summed E-state index contributed by atoms with van der Waals surface area (Å²) in [5.41, 5.74) is -1.54. The van der Waals surface area contributed by atoms with Crippen molar-refractivity contribution in [3.8, 4) is 5.75 Å². The lowest BCUT2D eigenvalue weighted by molar-refractivity contribution is -0.187. The molecule has 158 valence electrons. The van der Waals surface area contributed by atoms with E-state index in [-0.39, 0.29) is 35.8 Å². The minimum absolute atomic E-state index is 0.0369. The Morgan fingerprint density at radius 1 is 1.21 bits per heavy atom. The van der Waals surface area contributed by atoms with Crippen molar-refractivity contribution >= 4 is 17.6 Å². The first-order chi connectivity index (χ1) is 12.7. The van der Waals surface area contributed by atoms with Gasteiger partial charge in [0.2, 0.25) is 0 Å². The van der Waals surface area contributed by atoms with E-state index in [1.807, 2.05) is 6.92 Å². The molecule has 0 atom stereocenters. The predicted octanol–water partition coefficient (Wildman–Crippen LogP) is 6.57. The van der Waals surface area contributed by atoms with Crippen molar-refractivity contribution in [2.75, 3.05) is 6.61 Å². The van der Waals surface area contributed by atoms with Gasteiger partial charge in [-0.3, -0.25) is 0 Å². The van der Waals surface area contributed by atoms with E-state index in [4.69, 9.17) is 21.1 Å². The van der Waals surface area contributed by atoms with Gasteiger partial charge >= 0.3 is 12.1 Å². The molecule has 0 radical (unpaired) electrons. The van der Waals surface area contributed by atoms with Crippen molar-refractivity contribution in [1.29, 1.82) is 0 Å². The Kier molecular flexibility index (Phi) is 6.58. The zero-order valence-electron chi connectivity index (χ0n) is 16.4. The zero-order valence-corrected chi connectivity index (χ0v) is 17.1. The van der Waals surface area contributed by atoms with Crippen LogP contribution in [0.5, 0.6) is 5.75 Å². The van der Waals surface area contributed by atoms with E-state index in [1.165, 1.54) is 0 Å². The first-order valence-corrected chi connectivity index (χ1v) is 9.50. The summed E-state index contributed by atoms with van der Waals surface area (Å²) < 4.78 is 63.5. The van der Waals surface area contributed by atoms with E-state index in [0.29, 0.717) is 12.8 Å². The van der Waals surface area contributed by atoms with Crippen molar-refractivity contribution in [2.24, 2.45) is 11.3 Å². The maximum atomic E-state index is 14.3. The molecule has 8 heteroatoms. The highest BCUT2D eigenvalue weighted by Crippen LogP contribution is 2.45. The van der Waals surface area contributed by atoms with Crippen LogP contribution in [0.15, 0.2) is 12.1 Å². The molecule has 2 rings (SSSR count). The number of halogens is 5. The summed E-state index contributed by atoms with van der Waals surface area (Å²) in [6, 6.07) is 2.15. The van der Waals surface area contributed by atoms with Crippen molar-refractivity contribution < 1.29 is 31.8 Å². The first kappa shape index (κ1) is 22.8. The van der Waals surface area contributed by atoms with Gasteiger partial charge in [-0.15, -0.1) is 0 Å². The lowest BCUT2D eigenvalue weighted by atomic mass is 9.72. The average molecular weight is 425 g/mol. The summed E-state index contributed by atoms with van der Waals surface area (Å²) in [6.07, 6.45) is -3.38. The van der Waals surface area contributed by atoms with Crippen molar-refractivity contribution in [2.45, 2.75) is 65.2 Å². The molecular weight excluding hydrogens is 400 g/mol. The monoisotopic (exact) mass is 424 g/mol. The van der Waals surface area contributed by atoms with E-state index < -0.39 is 34.9 Å². The molecule has 3 nitrogen and oxygen atoms in total. The van der Waals surface area contributed by atoms with Crippen molar-refractivity contribution in [3.63, 3.8) is 0 Å². The van der Waals surface area contributed by atoms with Crippen LogP contribution in [-0.4, -0.2) is 24.4 Å². The highest BCUT2D eigenvalue weighted by molar-refractivity contribution is 6.32. The Balaban J connectivity index is 2.04. The number of hydrogen-bond donors (Lipinski definition) is 0. The summed E-state index contributed by atoms with van der Waals surface area (Å²) in [7, 11) is 0. The lowest BCUT2D eigenvalue weighted by Gasteiger charge is -2.37. The fourth-order valence-corrected chi connectivity index (χ4v) is 3.39. The van der Waals surface area contributed by atoms with Crippen LogP contribution in [-0.2, 0) is 4.74 Å². The van der Waals surface area contributed by atoms with E-state index >= 15 is 0 Å². The third kappa shape index (κ3) is 6.00. The van der Waals surface area contributed by atoms with Gasteiger partial charge in [0.05, 0.1) is 23.1 Å². The normalized spacial score (nSPS) is 23.4. The summed E-state index contributed by atoms with van der Waals surface area (Å²) >= 11 is 6.11. The maximum absolute atomic E-state index is 14.3. The van der Waals surface area contributed by atoms with Gasteiger partial charge in [-0.25, -0.2) is 9.18 Å². The number of ether oxygens (including phenoxy) is 2. The second-order valence-electron chi connectivity index (χ2n) is 8.68. The van der Waals surface area contributed by atoms with Crippen LogP contribution in [0.25, 0.3) is 0 Å². The van der Waals surface area contributed by atoms with Gasteiger partial charge in [0.25, 0.3) is 0 Å². The number of alkyl halides is 3. The van der Waals surface area contributed by atoms with E-state index in [9.17, 15) is 22.4 Å². The van der Waals surface area contributed by atoms with Gasteiger partial charge in [-0.2, -0.15) is 13.2 Å². The largest absolute Gasteiger partial charge is 0.491 e. The van der Waals surface area contributed by atoms with E-state index in [1.54, 1.807) is 20.8 Å². The standard InChI is InChI=1S/C20H25ClF4O3/c1-18(2,3)28-17(26)13-9-14(21)16(10-15(13)22)27-11-19(4)7-5-12(6-8-19)20(23,24)25/h9-10,12H,5-8,11H2,1-4H3. The number of rotatable bonds is 4. The Morgan fingerprint density at radius 2 is 1.79 bits per heavy atom. The van der Waals surface area contributed by atoms with Crippen LogP contribution in [0.4, 0.5) is 17.6 Å². The third-order valence-corrected chi connectivity index (χ3v) is 5.17. The van der Waals surface area contributed by atoms with Gasteiger partial charge in [-0.05, 0) is 52.5 Å². The summed E-state index contributed by atoms with van der Waals surface area (Å²) in [4.78, 5) is 12.1. The Morgan fingerprint density at radius 3 is 2.29 bits per heavy atom. The molecule has 0 amide bonds. The summed E-state index contributed by atoms with van der Waals surface area (Å²) in [5, 5.41) is 0.0369. The predicted molar refractivity (Wildman–Crippen MR) is 98.2 cm³/mol. The number of benzene rings is 1. The average Bonchev–Trinajstić information content (AvgIpc) is 2.53. The number of carbonyl (C=O) groups excluding carboxylic acids is 1. The number of esters is 1. The molecule has 1 saturated carbocycles. The van der Waals surface area contributed by atoms with Crippen LogP contribution < -0.4 is 4.74 Å². The summed E-state index contributed by atoms with van der Waals surface area (Å²) in [5.74, 6) is -2.91. The highest BCUT2D eigenvalue weighted by Gasteiger charge is 2.44. The first-order valence-electron chi connectivity index (χ1n) is 9.12. The number of carbonyl (C=O) groups is 1. The van der Waals surface area contributed by atoms with Crippen molar-refractivity contribution in [3.05, 3.63) is 28.5 Å². The van der Waals surface area contributed by atoms with Crippen LogP contribution in [0.1, 0.15) is 63.7 Å². The Hall–Kier alpha value is -1.50. The fraction of sp³-hybridized carbons (Fsp3) is 0.650. The topological polar surface area (TPSA) is 35.5 Å². The van der Waals surface area contributed by atoms with Crippen LogP contribution in [0, 0.1) is 17.2 Å². The molecule has 0 bridgehead atoms. The fourth-order valence-electron chi connectivity index (χ4n) is 3.17. The molecular formula is C20H25ClF4O3. The second kappa shape index (κ2) is 8.09. The molecule has 0 spiro atoms. The molecule has 0 aliphatic heterocycles. The lowest BCUT2D eigenvalue weighted by Crippen LogP contribution is -2.35. The smallest absolute Gasteiger partial charge is 0.391 e. The van der Waals surface area contributed by atoms with E-state index in [0.717, 1.165) is 12.1 Å². The van der Waals surface area contributed by atoms with Gasteiger partial charge < -0.3 is 9.47 Å². The van der Waals surface area contributed by atoms with Gasteiger partial charge in [0, 0.05) is 11.5 Å². The maximum Gasteiger partial charge on any atom is 0.391 e. The summed E-state index contributed by atoms with van der Waals surface area (Å²) in [6.45, 7) is 6.95. The van der Waals surface area contributed by atoms with E-state index in [2.05, 4.69) is 0 Å². The molecule has 0 N–H and O–H groups in total.